The molecule has 0 radical (unpaired) electrons. The number of amides is 1. The second kappa shape index (κ2) is 6.15. The van der Waals surface area contributed by atoms with Crippen LogP contribution in [0.4, 0.5) is 8.78 Å². The van der Waals surface area contributed by atoms with E-state index in [-0.39, 0.29) is 22.6 Å². The zero-order valence-corrected chi connectivity index (χ0v) is 12.4. The Hall–Kier alpha value is -1.40. The van der Waals surface area contributed by atoms with Crippen molar-refractivity contribution in [3.63, 3.8) is 0 Å². The number of nitrogens with zero attached hydrogens (tertiary/aromatic N) is 1. The number of rotatable bonds is 4. The topological polar surface area (TPSA) is 55.6 Å². The third kappa shape index (κ3) is 3.63. The van der Waals surface area contributed by atoms with Gasteiger partial charge in [0.25, 0.3) is 5.91 Å². The van der Waals surface area contributed by atoms with E-state index >= 15 is 0 Å². The number of likely N-dealkylation sites (tertiary alicyclic amines) is 1. The molecule has 0 saturated carbocycles. The summed E-state index contributed by atoms with van der Waals surface area (Å²) < 4.78 is 29.2. The Balaban J connectivity index is 2.25. The van der Waals surface area contributed by atoms with Crippen molar-refractivity contribution < 1.29 is 18.3 Å². The van der Waals surface area contributed by atoms with Crippen molar-refractivity contribution in [2.45, 2.75) is 20.0 Å². The quantitative estimate of drug-likeness (QED) is 0.928. The van der Waals surface area contributed by atoms with Gasteiger partial charge in [-0.15, -0.1) is 0 Å². The molecule has 0 bridgehead atoms. The smallest absolute Gasteiger partial charge is 0.387 e. The Labute approximate surface area is 126 Å². The summed E-state index contributed by atoms with van der Waals surface area (Å²) in [6.07, 6.45) is 0.779. The van der Waals surface area contributed by atoms with Gasteiger partial charge in [-0.25, -0.2) is 0 Å². The Bertz CT molecular complexity index is 542. The summed E-state index contributed by atoms with van der Waals surface area (Å²) in [4.78, 5) is 14.1. The minimum atomic E-state index is -2.99. The molecule has 0 aromatic heterocycles. The van der Waals surface area contributed by atoms with Gasteiger partial charge in [0.05, 0.1) is 5.56 Å². The van der Waals surface area contributed by atoms with Crippen LogP contribution in [-0.4, -0.2) is 37.1 Å². The van der Waals surface area contributed by atoms with E-state index in [0.29, 0.717) is 24.7 Å². The molecule has 2 N–H and O–H groups in total. The highest BCUT2D eigenvalue weighted by atomic mass is 35.5. The number of halogens is 3. The molecule has 1 aromatic carbocycles. The third-order valence-electron chi connectivity index (χ3n) is 3.73. The lowest BCUT2D eigenvalue weighted by Gasteiger charge is -2.23. The molecule has 1 heterocycles. The van der Waals surface area contributed by atoms with Gasteiger partial charge in [-0.05, 0) is 36.6 Å². The molecule has 1 unspecified atom stereocenters. The molecule has 1 amide bonds. The molecular weight excluding hydrogens is 302 g/mol. The summed E-state index contributed by atoms with van der Waals surface area (Å²) in [6.45, 7) is 0.489. The van der Waals surface area contributed by atoms with E-state index in [4.69, 9.17) is 17.3 Å². The monoisotopic (exact) mass is 318 g/mol. The molecule has 1 atom stereocenters. The van der Waals surface area contributed by atoms with Crippen LogP contribution in [0.25, 0.3) is 0 Å². The van der Waals surface area contributed by atoms with Crippen LogP contribution < -0.4 is 10.5 Å². The van der Waals surface area contributed by atoms with Crippen molar-refractivity contribution in [3.8, 4) is 5.75 Å². The number of nitrogens with two attached hydrogens (primary N) is 1. The Morgan fingerprint density at radius 2 is 2.29 bits per heavy atom. The van der Waals surface area contributed by atoms with Gasteiger partial charge in [-0.3, -0.25) is 4.79 Å². The van der Waals surface area contributed by atoms with Crippen LogP contribution in [0.2, 0.25) is 5.02 Å². The first-order valence-corrected chi connectivity index (χ1v) is 6.96. The van der Waals surface area contributed by atoms with Crippen LogP contribution in [0, 0.1) is 5.41 Å². The minimum absolute atomic E-state index is 0.0454. The summed E-state index contributed by atoms with van der Waals surface area (Å²) in [6, 6.07) is 4.03. The van der Waals surface area contributed by atoms with Crippen LogP contribution in [-0.2, 0) is 0 Å². The van der Waals surface area contributed by atoms with Gasteiger partial charge < -0.3 is 15.4 Å². The molecule has 21 heavy (non-hydrogen) atoms. The van der Waals surface area contributed by atoms with Crippen molar-refractivity contribution in [2.24, 2.45) is 11.1 Å². The van der Waals surface area contributed by atoms with Crippen molar-refractivity contribution in [3.05, 3.63) is 28.8 Å². The van der Waals surface area contributed by atoms with E-state index in [9.17, 15) is 13.6 Å². The van der Waals surface area contributed by atoms with Crippen molar-refractivity contribution in [2.75, 3.05) is 19.6 Å². The SMILES string of the molecule is CC1(CN)CCN(C(=O)c2cc(Cl)ccc2OC(F)F)C1. The number of ether oxygens (including phenoxy) is 1. The highest BCUT2D eigenvalue weighted by Crippen LogP contribution is 2.32. The van der Waals surface area contributed by atoms with E-state index < -0.39 is 6.61 Å². The van der Waals surface area contributed by atoms with Gasteiger partial charge in [0.2, 0.25) is 0 Å². The maximum absolute atomic E-state index is 12.5. The molecule has 0 aliphatic carbocycles. The highest BCUT2D eigenvalue weighted by molar-refractivity contribution is 6.31. The molecule has 1 aliphatic heterocycles. The number of hydrogen-bond donors (Lipinski definition) is 1. The van der Waals surface area contributed by atoms with E-state index in [1.165, 1.54) is 18.2 Å². The van der Waals surface area contributed by atoms with E-state index in [1.807, 2.05) is 6.92 Å². The first-order chi connectivity index (χ1) is 9.84. The summed E-state index contributed by atoms with van der Waals surface area (Å²) in [5, 5.41) is 0.292. The van der Waals surface area contributed by atoms with E-state index in [1.54, 1.807) is 4.90 Å². The van der Waals surface area contributed by atoms with Crippen LogP contribution in [0.5, 0.6) is 5.75 Å². The second-order valence-corrected chi connectivity index (χ2v) is 5.95. The normalized spacial score (nSPS) is 21.9. The van der Waals surface area contributed by atoms with Crippen LogP contribution >= 0.6 is 11.6 Å². The van der Waals surface area contributed by atoms with Crippen molar-refractivity contribution in [1.82, 2.24) is 4.90 Å². The lowest BCUT2D eigenvalue weighted by molar-refractivity contribution is -0.0502. The van der Waals surface area contributed by atoms with Gasteiger partial charge in [-0.1, -0.05) is 18.5 Å². The number of benzene rings is 1. The predicted molar refractivity (Wildman–Crippen MR) is 75.8 cm³/mol. The Kier molecular flexibility index (Phi) is 4.68. The van der Waals surface area contributed by atoms with Crippen LogP contribution in [0.15, 0.2) is 18.2 Å². The molecule has 0 spiro atoms. The Morgan fingerprint density at radius 1 is 1.57 bits per heavy atom. The first-order valence-electron chi connectivity index (χ1n) is 6.58. The van der Waals surface area contributed by atoms with Gasteiger partial charge in [0, 0.05) is 18.1 Å². The molecule has 1 aliphatic rings. The van der Waals surface area contributed by atoms with E-state index in [2.05, 4.69) is 4.74 Å². The van der Waals surface area contributed by atoms with Gasteiger partial charge in [0.1, 0.15) is 5.75 Å². The van der Waals surface area contributed by atoms with Crippen molar-refractivity contribution >= 4 is 17.5 Å². The molecule has 1 aromatic rings. The Morgan fingerprint density at radius 3 is 2.86 bits per heavy atom. The van der Waals surface area contributed by atoms with Gasteiger partial charge >= 0.3 is 6.61 Å². The fraction of sp³-hybridized carbons (Fsp3) is 0.500. The average molecular weight is 319 g/mol. The first kappa shape index (κ1) is 16.0. The molecule has 2 rings (SSSR count). The molecule has 116 valence electrons. The molecular formula is C14H17ClF2N2O2. The van der Waals surface area contributed by atoms with E-state index in [0.717, 1.165) is 6.42 Å². The lowest BCUT2D eigenvalue weighted by Crippen LogP contribution is -2.34. The maximum Gasteiger partial charge on any atom is 0.387 e. The average Bonchev–Trinajstić information content (AvgIpc) is 2.83. The third-order valence-corrected chi connectivity index (χ3v) is 3.96. The standard InChI is InChI=1S/C14H17ClF2N2O2/c1-14(7-18)4-5-19(8-14)12(20)10-6-9(15)2-3-11(10)21-13(16)17/h2-3,6,13H,4-5,7-8,18H2,1H3. The van der Waals surface area contributed by atoms with Gasteiger partial charge in [0.15, 0.2) is 0 Å². The van der Waals surface area contributed by atoms with Crippen molar-refractivity contribution in [1.29, 1.82) is 0 Å². The fourth-order valence-corrected chi connectivity index (χ4v) is 2.57. The van der Waals surface area contributed by atoms with Gasteiger partial charge in [-0.2, -0.15) is 8.78 Å². The number of hydrogen-bond acceptors (Lipinski definition) is 3. The molecule has 4 nitrogen and oxygen atoms in total. The number of carbonyl (C=O) groups is 1. The fourth-order valence-electron chi connectivity index (χ4n) is 2.40. The number of alkyl halides is 2. The van der Waals surface area contributed by atoms with Crippen LogP contribution in [0.3, 0.4) is 0 Å². The highest BCUT2D eigenvalue weighted by Gasteiger charge is 2.36. The maximum atomic E-state index is 12.5. The minimum Gasteiger partial charge on any atom is -0.434 e. The summed E-state index contributed by atoms with van der Waals surface area (Å²) in [7, 11) is 0. The summed E-state index contributed by atoms with van der Waals surface area (Å²) in [5.41, 5.74) is 5.61. The predicted octanol–water partition coefficient (Wildman–Crippen LogP) is 2.75. The largest absolute Gasteiger partial charge is 0.434 e. The zero-order valence-electron chi connectivity index (χ0n) is 11.6. The summed E-state index contributed by atoms with van der Waals surface area (Å²) in [5.74, 6) is -0.536. The second-order valence-electron chi connectivity index (χ2n) is 5.51. The number of carbonyl (C=O) groups excluding carboxylic acids is 1. The van der Waals surface area contributed by atoms with Crippen LogP contribution in [0.1, 0.15) is 23.7 Å². The molecule has 1 fully saturated rings. The zero-order chi connectivity index (χ0) is 15.6. The lowest BCUT2D eigenvalue weighted by atomic mass is 9.90. The molecule has 7 heteroatoms. The summed E-state index contributed by atoms with van der Waals surface area (Å²) >= 11 is 5.85. The molecule has 1 saturated heterocycles.